The summed E-state index contributed by atoms with van der Waals surface area (Å²) in [7, 11) is 3.21. The third kappa shape index (κ3) is 3.79. The van der Waals surface area contributed by atoms with Gasteiger partial charge in [0.15, 0.2) is 11.5 Å². The number of carbonyl (C=O) groups is 1. The maximum Gasteiger partial charge on any atom is 0.251 e. The van der Waals surface area contributed by atoms with Crippen molar-refractivity contribution in [2.75, 3.05) is 14.2 Å². The van der Waals surface area contributed by atoms with Gasteiger partial charge in [0.05, 0.1) is 14.2 Å². The van der Waals surface area contributed by atoms with Gasteiger partial charge in [0.25, 0.3) is 5.91 Å². The zero-order valence-corrected chi connectivity index (χ0v) is 13.9. The van der Waals surface area contributed by atoms with Gasteiger partial charge < -0.3 is 19.5 Å². The van der Waals surface area contributed by atoms with Gasteiger partial charge in [-0.25, -0.2) is 0 Å². The summed E-state index contributed by atoms with van der Waals surface area (Å²) in [5.41, 5.74) is 1.42. The molecule has 0 saturated heterocycles. The molecule has 1 aliphatic carbocycles. The molecule has 2 aromatic carbocycles. The molecular formula is C19H21NO4. The molecule has 0 radical (unpaired) electrons. The molecule has 126 valence electrons. The Kier molecular flexibility index (Phi) is 4.89. The van der Waals surface area contributed by atoms with Crippen LogP contribution < -0.4 is 19.5 Å². The fourth-order valence-corrected chi connectivity index (χ4v) is 2.42. The van der Waals surface area contributed by atoms with Gasteiger partial charge in [-0.05, 0) is 43.2 Å². The van der Waals surface area contributed by atoms with Gasteiger partial charge in [-0.2, -0.15) is 0 Å². The maximum atomic E-state index is 12.2. The first-order valence-electron chi connectivity index (χ1n) is 7.95. The molecule has 5 heteroatoms. The molecule has 1 aliphatic rings. The molecule has 0 heterocycles. The summed E-state index contributed by atoms with van der Waals surface area (Å²) in [4.78, 5) is 12.2. The average Bonchev–Trinajstić information content (AvgIpc) is 3.43. The molecule has 3 rings (SSSR count). The summed E-state index contributed by atoms with van der Waals surface area (Å²) in [5, 5.41) is 2.99. The van der Waals surface area contributed by atoms with E-state index in [1.54, 1.807) is 26.4 Å². The summed E-state index contributed by atoms with van der Waals surface area (Å²) in [6.45, 7) is 0.286. The van der Waals surface area contributed by atoms with Gasteiger partial charge in [0, 0.05) is 17.2 Å². The Morgan fingerprint density at radius 3 is 2.42 bits per heavy atom. The molecule has 0 unspecified atom stereocenters. The minimum absolute atomic E-state index is 0.0568. The van der Waals surface area contributed by atoms with Crippen molar-refractivity contribution in [1.82, 2.24) is 5.32 Å². The zero-order valence-electron chi connectivity index (χ0n) is 13.9. The van der Waals surface area contributed by atoms with E-state index >= 15 is 0 Å². The van der Waals surface area contributed by atoms with E-state index in [1.807, 2.05) is 30.3 Å². The SMILES string of the molecule is COc1ccc(C(=O)NC2CC2)cc1COc1ccccc1OC. The second-order valence-corrected chi connectivity index (χ2v) is 5.71. The number of hydrogen-bond acceptors (Lipinski definition) is 4. The highest BCUT2D eigenvalue weighted by Crippen LogP contribution is 2.29. The van der Waals surface area contributed by atoms with Crippen LogP contribution in [0, 0.1) is 0 Å². The number of hydrogen-bond donors (Lipinski definition) is 1. The molecule has 5 nitrogen and oxygen atoms in total. The lowest BCUT2D eigenvalue weighted by Crippen LogP contribution is -2.25. The van der Waals surface area contributed by atoms with Crippen molar-refractivity contribution in [3.8, 4) is 17.2 Å². The van der Waals surface area contributed by atoms with Gasteiger partial charge in [-0.1, -0.05) is 12.1 Å². The molecule has 0 aromatic heterocycles. The Labute approximate surface area is 141 Å². The van der Waals surface area contributed by atoms with Crippen molar-refractivity contribution in [3.63, 3.8) is 0 Å². The highest BCUT2D eigenvalue weighted by molar-refractivity contribution is 5.95. The number of rotatable bonds is 7. The van der Waals surface area contributed by atoms with E-state index < -0.39 is 0 Å². The van der Waals surface area contributed by atoms with Crippen LogP contribution in [0.4, 0.5) is 0 Å². The summed E-state index contributed by atoms with van der Waals surface area (Å²) >= 11 is 0. The number of para-hydroxylation sites is 2. The summed E-state index contributed by atoms with van der Waals surface area (Å²) in [5.74, 6) is 1.94. The fraction of sp³-hybridized carbons (Fsp3) is 0.316. The van der Waals surface area contributed by atoms with Crippen LogP contribution in [0.15, 0.2) is 42.5 Å². The van der Waals surface area contributed by atoms with Gasteiger partial charge in [0.1, 0.15) is 12.4 Å². The van der Waals surface area contributed by atoms with Gasteiger partial charge >= 0.3 is 0 Å². The predicted octanol–water partition coefficient (Wildman–Crippen LogP) is 3.18. The van der Waals surface area contributed by atoms with Crippen LogP contribution in [0.25, 0.3) is 0 Å². The van der Waals surface area contributed by atoms with Crippen molar-refractivity contribution in [1.29, 1.82) is 0 Å². The summed E-state index contributed by atoms with van der Waals surface area (Å²) < 4.78 is 16.5. The lowest BCUT2D eigenvalue weighted by molar-refractivity contribution is 0.0951. The lowest BCUT2D eigenvalue weighted by atomic mass is 10.1. The van der Waals surface area contributed by atoms with Crippen LogP contribution in [0.1, 0.15) is 28.8 Å². The Hall–Kier alpha value is -2.69. The fourth-order valence-electron chi connectivity index (χ4n) is 2.42. The molecule has 2 aromatic rings. The number of amides is 1. The number of benzene rings is 2. The molecule has 1 fully saturated rings. The number of ether oxygens (including phenoxy) is 3. The van der Waals surface area contributed by atoms with Crippen molar-refractivity contribution in [2.24, 2.45) is 0 Å². The Bertz CT molecular complexity index is 725. The monoisotopic (exact) mass is 327 g/mol. The standard InChI is InChI=1S/C19H21NO4/c1-22-16-10-7-13(19(21)20-15-8-9-15)11-14(16)12-24-18-6-4-3-5-17(18)23-2/h3-7,10-11,15H,8-9,12H2,1-2H3,(H,20,21). The molecule has 24 heavy (non-hydrogen) atoms. The van der Waals surface area contributed by atoms with Crippen LogP contribution in [0.2, 0.25) is 0 Å². The van der Waals surface area contributed by atoms with Gasteiger partial charge in [-0.15, -0.1) is 0 Å². The van der Waals surface area contributed by atoms with E-state index in [0.717, 1.165) is 18.4 Å². The zero-order chi connectivity index (χ0) is 16.9. The van der Waals surface area contributed by atoms with Crippen LogP contribution in [0.5, 0.6) is 17.2 Å². The third-order valence-electron chi connectivity index (χ3n) is 3.91. The number of nitrogens with one attached hydrogen (secondary N) is 1. The van der Waals surface area contributed by atoms with E-state index in [1.165, 1.54) is 0 Å². The molecule has 0 aliphatic heterocycles. The molecule has 0 bridgehead atoms. The highest BCUT2D eigenvalue weighted by atomic mass is 16.5. The van der Waals surface area contributed by atoms with Crippen LogP contribution in [-0.4, -0.2) is 26.2 Å². The minimum atomic E-state index is -0.0568. The first kappa shape index (κ1) is 16.2. The average molecular weight is 327 g/mol. The Balaban J connectivity index is 1.76. The van der Waals surface area contributed by atoms with Crippen LogP contribution >= 0.6 is 0 Å². The van der Waals surface area contributed by atoms with E-state index in [9.17, 15) is 4.79 Å². The second kappa shape index (κ2) is 7.25. The Morgan fingerprint density at radius 2 is 1.75 bits per heavy atom. The van der Waals surface area contributed by atoms with Crippen molar-refractivity contribution < 1.29 is 19.0 Å². The smallest absolute Gasteiger partial charge is 0.251 e. The summed E-state index contributed by atoms with van der Waals surface area (Å²) in [6.07, 6.45) is 2.12. The van der Waals surface area contributed by atoms with E-state index in [4.69, 9.17) is 14.2 Å². The Morgan fingerprint density at radius 1 is 1.04 bits per heavy atom. The first-order valence-corrected chi connectivity index (χ1v) is 7.95. The quantitative estimate of drug-likeness (QED) is 0.848. The third-order valence-corrected chi connectivity index (χ3v) is 3.91. The molecule has 1 saturated carbocycles. The largest absolute Gasteiger partial charge is 0.496 e. The highest BCUT2D eigenvalue weighted by Gasteiger charge is 2.24. The van der Waals surface area contributed by atoms with E-state index in [-0.39, 0.29) is 12.5 Å². The minimum Gasteiger partial charge on any atom is -0.496 e. The topological polar surface area (TPSA) is 56.8 Å². The van der Waals surface area contributed by atoms with Gasteiger partial charge in [-0.3, -0.25) is 4.79 Å². The first-order chi connectivity index (χ1) is 11.7. The lowest BCUT2D eigenvalue weighted by Gasteiger charge is -2.14. The second-order valence-electron chi connectivity index (χ2n) is 5.71. The molecule has 0 atom stereocenters. The van der Waals surface area contributed by atoms with E-state index in [0.29, 0.717) is 28.9 Å². The number of carbonyl (C=O) groups excluding carboxylic acids is 1. The van der Waals surface area contributed by atoms with Crippen LogP contribution in [-0.2, 0) is 6.61 Å². The molecule has 1 N–H and O–H groups in total. The van der Waals surface area contributed by atoms with Crippen molar-refractivity contribution in [3.05, 3.63) is 53.6 Å². The van der Waals surface area contributed by atoms with E-state index in [2.05, 4.69) is 5.32 Å². The molecule has 0 spiro atoms. The van der Waals surface area contributed by atoms with Crippen LogP contribution in [0.3, 0.4) is 0 Å². The van der Waals surface area contributed by atoms with Crippen molar-refractivity contribution >= 4 is 5.91 Å². The predicted molar refractivity (Wildman–Crippen MR) is 90.8 cm³/mol. The molecular weight excluding hydrogens is 306 g/mol. The van der Waals surface area contributed by atoms with Gasteiger partial charge in [0.2, 0.25) is 0 Å². The number of methoxy groups -OCH3 is 2. The normalized spacial score (nSPS) is 13.2. The van der Waals surface area contributed by atoms with Crippen molar-refractivity contribution in [2.45, 2.75) is 25.5 Å². The summed E-state index contributed by atoms with van der Waals surface area (Å²) in [6, 6.07) is 13.1. The maximum absolute atomic E-state index is 12.2. The molecule has 1 amide bonds.